The molecule has 0 aliphatic heterocycles. The number of nitro benzene ring substituents is 1. The van der Waals surface area contributed by atoms with Gasteiger partial charge in [-0.15, -0.1) is 0 Å². The number of pyridine rings is 1. The Labute approximate surface area is 163 Å². The minimum atomic E-state index is -0.412. The van der Waals surface area contributed by atoms with Crippen molar-refractivity contribution in [3.8, 4) is 0 Å². The minimum absolute atomic E-state index is 0.0797. The van der Waals surface area contributed by atoms with Gasteiger partial charge in [0.15, 0.2) is 5.96 Å². The van der Waals surface area contributed by atoms with Gasteiger partial charge in [-0.1, -0.05) is 17.7 Å². The smallest absolute Gasteiger partial charge is 0.269 e. The number of aliphatic imine (C=N–C) groups is 1. The Morgan fingerprint density at radius 1 is 1.19 bits per heavy atom. The second-order valence-corrected chi connectivity index (χ2v) is 6.04. The van der Waals surface area contributed by atoms with E-state index in [2.05, 4.69) is 25.9 Å². The average Bonchev–Trinajstić information content (AvgIpc) is 2.67. The molecule has 0 aliphatic carbocycles. The number of anilines is 1. The first kappa shape index (κ1) is 20.4. The van der Waals surface area contributed by atoms with Crippen molar-refractivity contribution in [1.82, 2.24) is 15.6 Å². The molecule has 9 heteroatoms. The number of hydrogen-bond acceptors (Lipinski definition) is 5. The molecule has 0 atom stereocenters. The van der Waals surface area contributed by atoms with E-state index < -0.39 is 4.92 Å². The van der Waals surface area contributed by atoms with Crippen LogP contribution >= 0.6 is 11.6 Å². The van der Waals surface area contributed by atoms with Crippen LogP contribution < -0.4 is 16.0 Å². The maximum absolute atomic E-state index is 10.6. The molecule has 0 radical (unpaired) electrons. The highest BCUT2D eigenvalue weighted by Gasteiger charge is 2.03. The highest BCUT2D eigenvalue weighted by atomic mass is 35.5. The van der Waals surface area contributed by atoms with Crippen molar-refractivity contribution in [2.45, 2.75) is 13.3 Å². The van der Waals surface area contributed by atoms with Gasteiger partial charge in [0, 0.05) is 50.2 Å². The quantitative estimate of drug-likeness (QED) is 0.152. The number of benzene rings is 1. The number of hydrogen-bond donors (Lipinski definition) is 3. The molecule has 8 nitrogen and oxygen atoms in total. The second-order valence-electron chi connectivity index (χ2n) is 5.66. The first-order chi connectivity index (χ1) is 13.1. The predicted molar refractivity (Wildman–Crippen MR) is 109 cm³/mol. The SMILES string of the molecule is CCNC(=NCCc1ccc(Cl)nc1)NCCNc1ccc([N+](=O)[O-])cc1. The standard InChI is InChI=1S/C18H23ClN6O2/c1-2-20-18(22-10-9-14-3-8-17(19)24-13-14)23-12-11-21-15-4-6-16(7-5-15)25(26)27/h3-8,13,21H,2,9-12H2,1H3,(H2,20,22,23). The van der Waals surface area contributed by atoms with Gasteiger partial charge in [-0.2, -0.15) is 0 Å². The number of non-ortho nitro benzene ring substituents is 1. The molecule has 1 aromatic carbocycles. The Kier molecular flexibility index (Phi) is 8.31. The third-order valence-corrected chi connectivity index (χ3v) is 3.85. The van der Waals surface area contributed by atoms with Gasteiger partial charge in [0.2, 0.25) is 0 Å². The fraction of sp³-hybridized carbons (Fsp3) is 0.333. The summed E-state index contributed by atoms with van der Waals surface area (Å²) in [5.74, 6) is 0.741. The van der Waals surface area contributed by atoms with Gasteiger partial charge in [-0.05, 0) is 37.1 Å². The Morgan fingerprint density at radius 2 is 1.96 bits per heavy atom. The number of guanidine groups is 1. The molecule has 0 saturated carbocycles. The summed E-state index contributed by atoms with van der Waals surface area (Å²) in [5.41, 5.74) is 1.99. The van der Waals surface area contributed by atoms with E-state index in [1.807, 2.05) is 13.0 Å². The van der Waals surface area contributed by atoms with Crippen molar-refractivity contribution >= 4 is 28.9 Å². The van der Waals surface area contributed by atoms with Crippen molar-refractivity contribution in [3.63, 3.8) is 0 Å². The van der Waals surface area contributed by atoms with E-state index >= 15 is 0 Å². The number of nitrogens with one attached hydrogen (secondary N) is 3. The molecule has 1 heterocycles. The number of rotatable bonds is 9. The van der Waals surface area contributed by atoms with Gasteiger partial charge in [-0.3, -0.25) is 15.1 Å². The van der Waals surface area contributed by atoms with Crippen molar-refractivity contribution in [2.75, 3.05) is 31.5 Å². The molecular formula is C18H23ClN6O2. The van der Waals surface area contributed by atoms with E-state index in [9.17, 15) is 10.1 Å². The molecule has 2 aromatic rings. The third kappa shape index (κ3) is 7.49. The Hall–Kier alpha value is -2.87. The topological polar surface area (TPSA) is 104 Å². The average molecular weight is 391 g/mol. The summed E-state index contributed by atoms with van der Waals surface area (Å²) in [6, 6.07) is 10.1. The normalized spacial score (nSPS) is 11.1. The summed E-state index contributed by atoms with van der Waals surface area (Å²) in [4.78, 5) is 18.8. The minimum Gasteiger partial charge on any atom is -0.383 e. The van der Waals surface area contributed by atoms with Crippen LogP contribution in [-0.2, 0) is 6.42 Å². The van der Waals surface area contributed by atoms with E-state index in [4.69, 9.17) is 11.6 Å². The van der Waals surface area contributed by atoms with Crippen molar-refractivity contribution < 1.29 is 4.92 Å². The molecule has 144 valence electrons. The van der Waals surface area contributed by atoms with Crippen molar-refractivity contribution in [3.05, 3.63) is 63.4 Å². The lowest BCUT2D eigenvalue weighted by Crippen LogP contribution is -2.39. The largest absolute Gasteiger partial charge is 0.383 e. The molecule has 2 rings (SSSR count). The molecule has 0 saturated heterocycles. The van der Waals surface area contributed by atoms with Gasteiger partial charge in [-0.25, -0.2) is 4.98 Å². The van der Waals surface area contributed by atoms with Crippen LogP contribution in [0.4, 0.5) is 11.4 Å². The summed E-state index contributed by atoms with van der Waals surface area (Å²) in [6.07, 6.45) is 2.54. The zero-order valence-corrected chi connectivity index (χ0v) is 15.9. The molecule has 0 spiro atoms. The molecule has 0 bridgehead atoms. The molecule has 0 amide bonds. The molecule has 27 heavy (non-hydrogen) atoms. The predicted octanol–water partition coefficient (Wildman–Crippen LogP) is 2.85. The molecule has 0 fully saturated rings. The summed E-state index contributed by atoms with van der Waals surface area (Å²) >= 11 is 5.78. The van der Waals surface area contributed by atoms with E-state index in [0.29, 0.717) is 24.8 Å². The lowest BCUT2D eigenvalue weighted by Gasteiger charge is -2.12. The molecular weight excluding hydrogens is 368 g/mol. The van der Waals surface area contributed by atoms with E-state index in [0.717, 1.165) is 30.2 Å². The fourth-order valence-corrected chi connectivity index (χ4v) is 2.39. The maximum Gasteiger partial charge on any atom is 0.269 e. The monoisotopic (exact) mass is 390 g/mol. The number of nitrogens with zero attached hydrogens (tertiary/aromatic N) is 3. The van der Waals surface area contributed by atoms with Gasteiger partial charge in [0.05, 0.1) is 4.92 Å². The third-order valence-electron chi connectivity index (χ3n) is 3.63. The van der Waals surface area contributed by atoms with Gasteiger partial charge >= 0.3 is 0 Å². The van der Waals surface area contributed by atoms with E-state index in [-0.39, 0.29) is 5.69 Å². The Bertz CT molecular complexity index is 749. The Balaban J connectivity index is 1.74. The lowest BCUT2D eigenvalue weighted by molar-refractivity contribution is -0.384. The Morgan fingerprint density at radius 3 is 2.59 bits per heavy atom. The van der Waals surface area contributed by atoms with Crippen LogP contribution in [0.2, 0.25) is 5.15 Å². The fourth-order valence-electron chi connectivity index (χ4n) is 2.28. The van der Waals surface area contributed by atoms with Crippen LogP contribution in [-0.4, -0.2) is 42.0 Å². The summed E-state index contributed by atoms with van der Waals surface area (Å²) in [7, 11) is 0. The van der Waals surface area contributed by atoms with Gasteiger partial charge in [0.25, 0.3) is 5.69 Å². The van der Waals surface area contributed by atoms with Crippen molar-refractivity contribution in [2.24, 2.45) is 4.99 Å². The number of halogens is 1. The molecule has 3 N–H and O–H groups in total. The van der Waals surface area contributed by atoms with Crippen LogP contribution in [0.1, 0.15) is 12.5 Å². The van der Waals surface area contributed by atoms with Gasteiger partial charge < -0.3 is 16.0 Å². The summed E-state index contributed by atoms with van der Waals surface area (Å²) < 4.78 is 0. The lowest BCUT2D eigenvalue weighted by atomic mass is 10.2. The zero-order valence-electron chi connectivity index (χ0n) is 15.1. The highest BCUT2D eigenvalue weighted by molar-refractivity contribution is 6.29. The maximum atomic E-state index is 10.6. The summed E-state index contributed by atoms with van der Waals surface area (Å²) in [5, 5.41) is 20.8. The number of nitro groups is 1. The van der Waals surface area contributed by atoms with Crippen LogP contribution in [0.15, 0.2) is 47.6 Å². The summed E-state index contributed by atoms with van der Waals surface area (Å²) in [6.45, 7) is 4.72. The van der Waals surface area contributed by atoms with Crippen LogP contribution in [0, 0.1) is 10.1 Å². The van der Waals surface area contributed by atoms with Crippen molar-refractivity contribution in [1.29, 1.82) is 0 Å². The molecule has 0 aliphatic rings. The first-order valence-corrected chi connectivity index (χ1v) is 9.07. The van der Waals surface area contributed by atoms with Crippen LogP contribution in [0.25, 0.3) is 0 Å². The van der Waals surface area contributed by atoms with E-state index in [1.54, 1.807) is 24.4 Å². The second kappa shape index (κ2) is 11.0. The molecule has 0 unspecified atom stereocenters. The van der Waals surface area contributed by atoms with Gasteiger partial charge in [0.1, 0.15) is 5.15 Å². The zero-order chi connectivity index (χ0) is 19.5. The first-order valence-electron chi connectivity index (χ1n) is 8.69. The van der Waals surface area contributed by atoms with Crippen LogP contribution in [0.3, 0.4) is 0 Å². The molecule has 1 aromatic heterocycles. The van der Waals surface area contributed by atoms with Crippen LogP contribution in [0.5, 0.6) is 0 Å². The number of aromatic nitrogens is 1. The highest BCUT2D eigenvalue weighted by Crippen LogP contribution is 2.14. The van der Waals surface area contributed by atoms with E-state index in [1.165, 1.54) is 12.1 Å².